The second-order valence-electron chi connectivity index (χ2n) is 6.67. The normalized spacial score (nSPS) is 19.5. The molecule has 0 spiro atoms. The van der Waals surface area contributed by atoms with Crippen molar-refractivity contribution in [3.8, 4) is 0 Å². The number of amides is 1. The van der Waals surface area contributed by atoms with Crippen LogP contribution in [-0.2, 0) is 35.1 Å². The highest BCUT2D eigenvalue weighted by Crippen LogP contribution is 2.23. The maximum atomic E-state index is 12.4. The Hall–Kier alpha value is -1.43. The van der Waals surface area contributed by atoms with Gasteiger partial charge >= 0.3 is 0 Å². The van der Waals surface area contributed by atoms with Crippen molar-refractivity contribution in [2.75, 3.05) is 45.1 Å². The molecule has 152 valence electrons. The minimum absolute atomic E-state index is 0.0617. The molecular formula is C16H24N2O7S2. The minimum Gasteiger partial charge on any atom is -0.447 e. The Balaban J connectivity index is 1.57. The largest absolute Gasteiger partial charge is 0.447 e. The van der Waals surface area contributed by atoms with Gasteiger partial charge in [0.2, 0.25) is 11.0 Å². The summed E-state index contributed by atoms with van der Waals surface area (Å²) in [4.78, 5) is 13.7. The van der Waals surface area contributed by atoms with Crippen LogP contribution in [0.5, 0.6) is 0 Å². The molecule has 0 aromatic carbocycles. The number of furan rings is 1. The number of sulfone groups is 1. The van der Waals surface area contributed by atoms with Crippen LogP contribution < -0.4 is 0 Å². The van der Waals surface area contributed by atoms with Gasteiger partial charge in [0.1, 0.15) is 11.5 Å². The Bertz CT molecular complexity index is 864. The van der Waals surface area contributed by atoms with E-state index in [0.717, 1.165) is 12.8 Å². The van der Waals surface area contributed by atoms with Crippen molar-refractivity contribution in [1.29, 1.82) is 0 Å². The predicted octanol–water partition coefficient (Wildman–Crippen LogP) is 0.228. The van der Waals surface area contributed by atoms with Crippen LogP contribution in [0.1, 0.15) is 25.0 Å². The van der Waals surface area contributed by atoms with Gasteiger partial charge in [0.05, 0.1) is 19.0 Å². The van der Waals surface area contributed by atoms with Gasteiger partial charge in [-0.25, -0.2) is 16.8 Å². The maximum absolute atomic E-state index is 12.4. The smallest absolute Gasteiger partial charge is 0.276 e. The fourth-order valence-electron chi connectivity index (χ4n) is 3.13. The average Bonchev–Trinajstić information content (AvgIpc) is 3.32. The van der Waals surface area contributed by atoms with E-state index < -0.39 is 25.6 Å². The molecule has 0 saturated carbocycles. The van der Waals surface area contributed by atoms with Crippen molar-refractivity contribution in [1.82, 2.24) is 9.21 Å². The highest BCUT2D eigenvalue weighted by molar-refractivity contribution is 7.90. The predicted molar refractivity (Wildman–Crippen MR) is 96.2 cm³/mol. The lowest BCUT2D eigenvalue weighted by Gasteiger charge is -2.26. The summed E-state index contributed by atoms with van der Waals surface area (Å²) in [5, 5.41) is -0.237. The zero-order valence-electron chi connectivity index (χ0n) is 15.0. The quantitative estimate of drug-likeness (QED) is 0.620. The molecule has 2 aliphatic rings. The number of hydrogen-bond donors (Lipinski definition) is 0. The average molecular weight is 421 g/mol. The van der Waals surface area contributed by atoms with E-state index in [2.05, 4.69) is 0 Å². The summed E-state index contributed by atoms with van der Waals surface area (Å²) in [6.07, 6.45) is 1.50. The molecule has 0 aliphatic carbocycles. The summed E-state index contributed by atoms with van der Waals surface area (Å²) in [6, 6.07) is 2.65. The van der Waals surface area contributed by atoms with Crippen LogP contribution in [0.4, 0.5) is 0 Å². The molecule has 11 heteroatoms. The lowest BCUT2D eigenvalue weighted by molar-refractivity contribution is -0.134. The van der Waals surface area contributed by atoms with E-state index in [1.54, 1.807) is 4.90 Å². The van der Waals surface area contributed by atoms with Crippen molar-refractivity contribution in [2.45, 2.75) is 30.1 Å². The maximum Gasteiger partial charge on any atom is 0.276 e. The van der Waals surface area contributed by atoms with E-state index in [-0.39, 0.29) is 28.9 Å². The van der Waals surface area contributed by atoms with E-state index in [0.29, 0.717) is 39.4 Å². The van der Waals surface area contributed by atoms with Gasteiger partial charge in [0.25, 0.3) is 10.0 Å². The summed E-state index contributed by atoms with van der Waals surface area (Å²) in [7, 11) is -7.31. The van der Waals surface area contributed by atoms with Crippen LogP contribution in [0.15, 0.2) is 21.6 Å². The van der Waals surface area contributed by atoms with Crippen molar-refractivity contribution >= 4 is 25.8 Å². The molecule has 2 aliphatic heterocycles. The zero-order chi connectivity index (χ0) is 19.5. The minimum atomic E-state index is -3.71. The van der Waals surface area contributed by atoms with Crippen LogP contribution in [0.2, 0.25) is 0 Å². The molecule has 0 unspecified atom stereocenters. The van der Waals surface area contributed by atoms with Gasteiger partial charge in [0.15, 0.2) is 9.84 Å². The Kier molecular flexibility index (Phi) is 6.24. The molecule has 0 atom stereocenters. The van der Waals surface area contributed by atoms with Crippen LogP contribution >= 0.6 is 0 Å². The molecule has 1 amide bonds. The molecule has 3 heterocycles. The molecule has 3 rings (SSSR count). The van der Waals surface area contributed by atoms with Crippen LogP contribution in [0.25, 0.3) is 0 Å². The number of carbonyl (C=O) groups excluding carboxylic acids is 1. The zero-order valence-corrected chi connectivity index (χ0v) is 16.6. The first-order chi connectivity index (χ1) is 12.8. The van der Waals surface area contributed by atoms with Crippen molar-refractivity contribution in [3.63, 3.8) is 0 Å². The fraction of sp³-hybridized carbons (Fsp3) is 0.688. The molecule has 9 nitrogen and oxygen atoms in total. The van der Waals surface area contributed by atoms with Gasteiger partial charge in [0, 0.05) is 32.6 Å². The second-order valence-corrected chi connectivity index (χ2v) is 10.7. The number of sulfonamides is 1. The Morgan fingerprint density at radius 2 is 1.67 bits per heavy atom. The van der Waals surface area contributed by atoms with Gasteiger partial charge in [-0.15, -0.1) is 0 Å². The van der Waals surface area contributed by atoms with Crippen LogP contribution in [0, 0.1) is 0 Å². The number of nitrogens with zero attached hydrogens (tertiary/aromatic N) is 2. The Morgan fingerprint density at radius 3 is 2.33 bits per heavy atom. The molecule has 2 saturated heterocycles. The van der Waals surface area contributed by atoms with Crippen molar-refractivity contribution in [3.05, 3.63) is 17.9 Å². The van der Waals surface area contributed by atoms with E-state index in [4.69, 9.17) is 9.15 Å². The number of hydrogen-bond acceptors (Lipinski definition) is 7. The highest BCUT2D eigenvalue weighted by Gasteiger charge is 2.30. The summed E-state index contributed by atoms with van der Waals surface area (Å²) in [5.41, 5.74) is 0. The number of ether oxygens (including phenoxy) is 1. The second kappa shape index (κ2) is 8.29. The van der Waals surface area contributed by atoms with Gasteiger partial charge in [-0.2, -0.15) is 4.31 Å². The van der Waals surface area contributed by atoms with Crippen molar-refractivity contribution in [2.24, 2.45) is 0 Å². The Labute approximate surface area is 159 Å². The van der Waals surface area contributed by atoms with Gasteiger partial charge < -0.3 is 14.1 Å². The van der Waals surface area contributed by atoms with E-state index in [9.17, 15) is 21.6 Å². The molecule has 0 bridgehead atoms. The third-order valence-corrected chi connectivity index (χ3v) is 7.97. The lowest BCUT2D eigenvalue weighted by atomic mass is 10.3. The number of rotatable bonds is 7. The molecule has 0 radical (unpaired) electrons. The molecule has 27 heavy (non-hydrogen) atoms. The molecular weight excluding hydrogens is 396 g/mol. The topological polar surface area (TPSA) is 114 Å². The standard InChI is InChI=1S/C16H24N2O7S2/c19-15(17-8-10-24-11-9-17)5-12-26(20,21)13-14-3-4-16(25-14)27(22,23)18-6-1-2-7-18/h3-4H,1-2,5-13H2. The van der Waals surface area contributed by atoms with E-state index in [1.165, 1.54) is 16.4 Å². The summed E-state index contributed by atoms with van der Waals surface area (Å²) in [5.74, 6) is -0.901. The van der Waals surface area contributed by atoms with Gasteiger partial charge in [-0.3, -0.25) is 4.79 Å². The first kappa shape index (κ1) is 20.3. The number of carbonyl (C=O) groups is 1. The molecule has 1 aromatic heterocycles. The van der Waals surface area contributed by atoms with Gasteiger partial charge in [-0.05, 0) is 25.0 Å². The molecule has 1 aromatic rings. The van der Waals surface area contributed by atoms with Crippen LogP contribution in [-0.4, -0.2) is 77.1 Å². The Morgan fingerprint density at radius 1 is 1.00 bits per heavy atom. The fourth-order valence-corrected chi connectivity index (χ4v) is 5.80. The van der Waals surface area contributed by atoms with Crippen molar-refractivity contribution < 1.29 is 30.8 Å². The first-order valence-electron chi connectivity index (χ1n) is 8.93. The summed E-state index contributed by atoms with van der Waals surface area (Å²) < 4.78 is 61.2. The summed E-state index contributed by atoms with van der Waals surface area (Å²) >= 11 is 0. The third-order valence-electron chi connectivity index (χ3n) is 4.65. The van der Waals surface area contributed by atoms with Crippen LogP contribution in [0.3, 0.4) is 0 Å². The van der Waals surface area contributed by atoms with E-state index in [1.807, 2.05) is 0 Å². The van der Waals surface area contributed by atoms with E-state index >= 15 is 0 Å². The molecule has 0 N–H and O–H groups in total. The monoisotopic (exact) mass is 420 g/mol. The highest BCUT2D eigenvalue weighted by atomic mass is 32.2. The first-order valence-corrected chi connectivity index (χ1v) is 12.2. The third kappa shape index (κ3) is 5.09. The SMILES string of the molecule is O=C(CCS(=O)(=O)Cc1ccc(S(=O)(=O)N2CCCC2)o1)N1CCOCC1. The lowest BCUT2D eigenvalue weighted by Crippen LogP contribution is -2.41. The molecule has 2 fully saturated rings. The van der Waals surface area contributed by atoms with Gasteiger partial charge in [-0.1, -0.05) is 0 Å². The summed E-state index contributed by atoms with van der Waals surface area (Å²) in [6.45, 7) is 2.74. The number of morpholine rings is 1.